The molecule has 1 unspecified atom stereocenters. The van der Waals surface area contributed by atoms with Gasteiger partial charge in [-0.15, -0.1) is 0 Å². The zero-order valence-electron chi connectivity index (χ0n) is 13.0. The Kier molecular flexibility index (Phi) is 5.33. The summed E-state index contributed by atoms with van der Waals surface area (Å²) >= 11 is 5.94. The number of nitrogens with zero attached hydrogens (tertiary/aromatic N) is 1. The van der Waals surface area contributed by atoms with Crippen LogP contribution in [0.4, 0.5) is 9.18 Å². The van der Waals surface area contributed by atoms with E-state index in [1.54, 1.807) is 29.2 Å². The fraction of sp³-hybridized carbons (Fsp3) is 0.278. The number of hydrogen-bond acceptors (Lipinski definition) is 2. The van der Waals surface area contributed by atoms with E-state index in [-0.39, 0.29) is 11.8 Å². The molecule has 1 saturated heterocycles. The fourth-order valence-corrected chi connectivity index (χ4v) is 2.91. The van der Waals surface area contributed by atoms with Crippen molar-refractivity contribution in [2.45, 2.75) is 12.6 Å². The lowest BCUT2D eigenvalue weighted by molar-refractivity contribution is -0.0171. The maximum Gasteiger partial charge on any atom is 0.317 e. The van der Waals surface area contributed by atoms with Gasteiger partial charge in [0, 0.05) is 23.7 Å². The number of urea groups is 1. The highest BCUT2D eigenvalue weighted by molar-refractivity contribution is 6.30. The number of ether oxygens (including phenoxy) is 1. The van der Waals surface area contributed by atoms with Crippen molar-refractivity contribution in [2.24, 2.45) is 0 Å². The van der Waals surface area contributed by atoms with Gasteiger partial charge in [0.05, 0.1) is 13.2 Å². The monoisotopic (exact) mass is 348 g/mol. The molecular weight excluding hydrogens is 331 g/mol. The Labute approximate surface area is 145 Å². The summed E-state index contributed by atoms with van der Waals surface area (Å²) in [6, 6.07) is 13.6. The number of hydrogen-bond donors (Lipinski definition) is 1. The molecule has 1 heterocycles. The van der Waals surface area contributed by atoms with Crippen molar-refractivity contribution in [1.82, 2.24) is 10.2 Å². The molecule has 0 saturated carbocycles. The van der Waals surface area contributed by atoms with Crippen LogP contribution in [0, 0.1) is 5.82 Å². The Hall–Kier alpha value is -2.11. The van der Waals surface area contributed by atoms with Crippen molar-refractivity contribution < 1.29 is 13.9 Å². The lowest BCUT2D eigenvalue weighted by Gasteiger charge is -2.33. The van der Waals surface area contributed by atoms with Crippen molar-refractivity contribution in [3.05, 3.63) is 70.5 Å². The predicted molar refractivity (Wildman–Crippen MR) is 90.4 cm³/mol. The quantitative estimate of drug-likeness (QED) is 0.917. The number of amides is 2. The van der Waals surface area contributed by atoms with Crippen LogP contribution in [0.15, 0.2) is 48.5 Å². The first-order valence-corrected chi connectivity index (χ1v) is 8.14. The molecule has 0 aliphatic carbocycles. The van der Waals surface area contributed by atoms with Crippen LogP contribution in [0.2, 0.25) is 5.02 Å². The van der Waals surface area contributed by atoms with E-state index in [2.05, 4.69) is 5.32 Å². The molecule has 6 heteroatoms. The molecule has 126 valence electrons. The molecule has 0 bridgehead atoms. The van der Waals surface area contributed by atoms with E-state index in [0.29, 0.717) is 36.8 Å². The van der Waals surface area contributed by atoms with Gasteiger partial charge in [0.1, 0.15) is 11.9 Å². The van der Waals surface area contributed by atoms with Crippen LogP contribution in [0.3, 0.4) is 0 Å². The van der Waals surface area contributed by atoms with Gasteiger partial charge in [-0.25, -0.2) is 9.18 Å². The number of rotatable bonds is 3. The van der Waals surface area contributed by atoms with Gasteiger partial charge in [-0.3, -0.25) is 0 Å². The average molecular weight is 349 g/mol. The van der Waals surface area contributed by atoms with Gasteiger partial charge in [-0.1, -0.05) is 41.9 Å². The molecule has 2 aromatic carbocycles. The smallest absolute Gasteiger partial charge is 0.317 e. The predicted octanol–water partition coefficient (Wildman–Crippen LogP) is 3.76. The number of morpholine rings is 1. The minimum atomic E-state index is -0.447. The van der Waals surface area contributed by atoms with E-state index < -0.39 is 6.10 Å². The van der Waals surface area contributed by atoms with Crippen LogP contribution in [-0.4, -0.2) is 30.6 Å². The molecule has 4 nitrogen and oxygen atoms in total. The van der Waals surface area contributed by atoms with Crippen molar-refractivity contribution in [2.75, 3.05) is 19.7 Å². The minimum Gasteiger partial charge on any atom is -0.370 e. The van der Waals surface area contributed by atoms with Crippen molar-refractivity contribution in [3.63, 3.8) is 0 Å². The van der Waals surface area contributed by atoms with Crippen LogP contribution in [-0.2, 0) is 11.3 Å². The number of carbonyl (C=O) groups is 1. The van der Waals surface area contributed by atoms with Gasteiger partial charge in [0.25, 0.3) is 0 Å². The van der Waals surface area contributed by atoms with E-state index in [9.17, 15) is 9.18 Å². The second-order valence-corrected chi connectivity index (χ2v) is 6.05. The Balaban J connectivity index is 1.60. The summed E-state index contributed by atoms with van der Waals surface area (Å²) in [4.78, 5) is 14.0. The summed E-state index contributed by atoms with van der Waals surface area (Å²) in [6.07, 6.45) is -0.447. The normalized spacial score (nSPS) is 17.6. The first kappa shape index (κ1) is 16.7. The number of halogens is 2. The molecule has 3 rings (SSSR count). The Bertz CT molecular complexity index is 726. The van der Waals surface area contributed by atoms with E-state index in [1.165, 1.54) is 6.07 Å². The van der Waals surface area contributed by atoms with Crippen LogP contribution < -0.4 is 5.32 Å². The van der Waals surface area contributed by atoms with Gasteiger partial charge in [-0.2, -0.15) is 0 Å². The zero-order chi connectivity index (χ0) is 16.9. The molecule has 24 heavy (non-hydrogen) atoms. The summed E-state index contributed by atoms with van der Waals surface area (Å²) in [7, 11) is 0. The highest BCUT2D eigenvalue weighted by Gasteiger charge is 2.26. The van der Waals surface area contributed by atoms with Crippen LogP contribution in [0.25, 0.3) is 0 Å². The van der Waals surface area contributed by atoms with E-state index >= 15 is 0 Å². The van der Waals surface area contributed by atoms with Crippen molar-refractivity contribution >= 4 is 17.6 Å². The van der Waals surface area contributed by atoms with E-state index in [4.69, 9.17) is 16.3 Å². The summed E-state index contributed by atoms with van der Waals surface area (Å²) in [5.41, 5.74) is 1.40. The molecular formula is C18H18ClFN2O2. The highest BCUT2D eigenvalue weighted by atomic mass is 35.5. The highest BCUT2D eigenvalue weighted by Crippen LogP contribution is 2.24. The van der Waals surface area contributed by atoms with E-state index in [0.717, 1.165) is 5.56 Å². The molecule has 0 aromatic heterocycles. The van der Waals surface area contributed by atoms with Gasteiger partial charge >= 0.3 is 6.03 Å². The Morgan fingerprint density at radius 2 is 2.12 bits per heavy atom. The number of carbonyl (C=O) groups excluding carboxylic acids is 1. The molecule has 1 atom stereocenters. The topological polar surface area (TPSA) is 41.6 Å². The molecule has 0 spiro atoms. The van der Waals surface area contributed by atoms with Gasteiger partial charge < -0.3 is 15.0 Å². The Morgan fingerprint density at radius 3 is 2.92 bits per heavy atom. The standard InChI is InChI=1S/C18H18ClFN2O2/c19-14-5-3-4-13(10-14)11-21-18(23)22-8-9-24-17(12-22)15-6-1-2-7-16(15)20/h1-7,10,17H,8-9,11-12H2,(H,21,23). The summed E-state index contributed by atoms with van der Waals surface area (Å²) < 4.78 is 19.5. The molecule has 0 radical (unpaired) electrons. The maximum absolute atomic E-state index is 13.9. The molecule has 2 aromatic rings. The lowest BCUT2D eigenvalue weighted by atomic mass is 10.1. The fourth-order valence-electron chi connectivity index (χ4n) is 2.69. The third-order valence-electron chi connectivity index (χ3n) is 3.94. The second kappa shape index (κ2) is 7.64. The molecule has 1 N–H and O–H groups in total. The lowest BCUT2D eigenvalue weighted by Crippen LogP contribution is -2.47. The number of nitrogens with one attached hydrogen (secondary N) is 1. The third-order valence-corrected chi connectivity index (χ3v) is 4.17. The molecule has 1 aliphatic rings. The summed E-state index contributed by atoms with van der Waals surface area (Å²) in [5, 5.41) is 3.49. The second-order valence-electron chi connectivity index (χ2n) is 5.62. The van der Waals surface area contributed by atoms with Gasteiger partial charge in [-0.05, 0) is 23.8 Å². The van der Waals surface area contributed by atoms with Gasteiger partial charge in [0.15, 0.2) is 0 Å². The molecule has 1 fully saturated rings. The van der Waals surface area contributed by atoms with Crippen molar-refractivity contribution in [3.8, 4) is 0 Å². The first-order chi connectivity index (χ1) is 11.6. The maximum atomic E-state index is 13.9. The first-order valence-electron chi connectivity index (χ1n) is 7.77. The summed E-state index contributed by atoms with van der Waals surface area (Å²) in [6.45, 7) is 1.57. The van der Waals surface area contributed by atoms with Gasteiger partial charge in [0.2, 0.25) is 0 Å². The zero-order valence-corrected chi connectivity index (χ0v) is 13.8. The largest absolute Gasteiger partial charge is 0.370 e. The van der Waals surface area contributed by atoms with E-state index in [1.807, 2.05) is 18.2 Å². The number of benzene rings is 2. The third kappa shape index (κ3) is 4.04. The average Bonchev–Trinajstić information content (AvgIpc) is 2.60. The molecule has 2 amide bonds. The SMILES string of the molecule is O=C(NCc1cccc(Cl)c1)N1CCOC(c2ccccc2F)C1. The van der Waals surface area contributed by atoms with Crippen LogP contribution in [0.5, 0.6) is 0 Å². The van der Waals surface area contributed by atoms with Crippen LogP contribution >= 0.6 is 11.6 Å². The molecule has 1 aliphatic heterocycles. The van der Waals surface area contributed by atoms with Crippen molar-refractivity contribution in [1.29, 1.82) is 0 Å². The summed E-state index contributed by atoms with van der Waals surface area (Å²) in [5.74, 6) is -0.316. The van der Waals surface area contributed by atoms with Crippen LogP contribution in [0.1, 0.15) is 17.2 Å². The Morgan fingerprint density at radius 1 is 1.29 bits per heavy atom. The minimum absolute atomic E-state index is 0.195.